The van der Waals surface area contributed by atoms with Crippen LogP contribution in [0.4, 0.5) is 0 Å². The molecule has 0 atom stereocenters. The topological polar surface area (TPSA) is 35.0 Å². The maximum atomic E-state index is 5.21. The van der Waals surface area contributed by atoms with E-state index >= 15 is 0 Å². The van der Waals surface area contributed by atoms with Crippen molar-refractivity contribution in [1.82, 2.24) is 9.97 Å². The van der Waals surface area contributed by atoms with Crippen LogP contribution < -0.4 is 4.74 Å². The molecule has 0 spiro atoms. The molecule has 146 valence electrons. The molecule has 1 aromatic heterocycles. The minimum absolute atomic E-state index is 0.645. The molecular formula is C24H34N2O. The lowest BCUT2D eigenvalue weighted by Gasteiger charge is -2.28. The van der Waals surface area contributed by atoms with Gasteiger partial charge >= 0.3 is 0 Å². The summed E-state index contributed by atoms with van der Waals surface area (Å²) < 4.78 is 5.21. The first-order valence-electron chi connectivity index (χ1n) is 10.8. The highest BCUT2D eigenvalue weighted by Crippen LogP contribution is 2.37. The minimum Gasteiger partial charge on any atom is -0.497 e. The zero-order valence-corrected chi connectivity index (χ0v) is 17.0. The average molecular weight is 367 g/mol. The molecule has 0 radical (unpaired) electrons. The molecule has 0 bridgehead atoms. The lowest BCUT2D eigenvalue weighted by atomic mass is 9.77. The van der Waals surface area contributed by atoms with Crippen molar-refractivity contribution < 1.29 is 4.74 Å². The van der Waals surface area contributed by atoms with Gasteiger partial charge in [0.1, 0.15) is 5.75 Å². The number of unbranched alkanes of at least 4 members (excludes halogenated alkanes) is 4. The van der Waals surface area contributed by atoms with Crippen LogP contribution in [-0.2, 0) is 0 Å². The Kier molecular flexibility index (Phi) is 7.67. The second kappa shape index (κ2) is 10.4. The lowest BCUT2D eigenvalue weighted by molar-refractivity contribution is 0.301. The fourth-order valence-electron chi connectivity index (χ4n) is 4.26. The molecule has 0 unspecified atom stereocenters. The van der Waals surface area contributed by atoms with Gasteiger partial charge in [-0.1, -0.05) is 45.4 Å². The molecule has 1 heterocycles. The van der Waals surface area contributed by atoms with Crippen molar-refractivity contribution in [2.24, 2.45) is 5.92 Å². The Morgan fingerprint density at radius 2 is 1.56 bits per heavy atom. The van der Waals surface area contributed by atoms with Crippen molar-refractivity contribution in [2.45, 2.75) is 77.0 Å². The van der Waals surface area contributed by atoms with Crippen LogP contribution in [0, 0.1) is 5.92 Å². The lowest BCUT2D eigenvalue weighted by Crippen LogP contribution is -2.14. The van der Waals surface area contributed by atoms with Gasteiger partial charge < -0.3 is 4.74 Å². The monoisotopic (exact) mass is 366 g/mol. The van der Waals surface area contributed by atoms with Gasteiger partial charge in [-0.15, -0.1) is 0 Å². The summed E-state index contributed by atoms with van der Waals surface area (Å²) in [6.45, 7) is 2.29. The zero-order chi connectivity index (χ0) is 18.9. The minimum atomic E-state index is 0.645. The molecule has 0 N–H and O–H groups in total. The maximum Gasteiger partial charge on any atom is 0.159 e. The number of methoxy groups -OCH3 is 1. The predicted octanol–water partition coefficient (Wildman–Crippen LogP) is 6.79. The van der Waals surface area contributed by atoms with E-state index in [0.29, 0.717) is 5.92 Å². The van der Waals surface area contributed by atoms with Crippen molar-refractivity contribution in [3.63, 3.8) is 0 Å². The summed E-state index contributed by atoms with van der Waals surface area (Å²) >= 11 is 0. The number of nitrogens with zero attached hydrogens (tertiary/aromatic N) is 2. The molecule has 1 saturated carbocycles. The molecule has 0 amide bonds. The van der Waals surface area contributed by atoms with Gasteiger partial charge in [0.25, 0.3) is 0 Å². The Hall–Kier alpha value is -1.90. The zero-order valence-electron chi connectivity index (χ0n) is 17.0. The van der Waals surface area contributed by atoms with Crippen LogP contribution in [0.5, 0.6) is 5.75 Å². The first kappa shape index (κ1) is 19.9. The number of hydrogen-bond acceptors (Lipinski definition) is 3. The molecule has 1 aliphatic carbocycles. The molecule has 27 heavy (non-hydrogen) atoms. The molecular weight excluding hydrogens is 332 g/mol. The predicted molar refractivity (Wildman–Crippen MR) is 112 cm³/mol. The smallest absolute Gasteiger partial charge is 0.159 e. The number of benzene rings is 1. The van der Waals surface area contributed by atoms with Crippen LogP contribution in [0.15, 0.2) is 36.7 Å². The summed E-state index contributed by atoms with van der Waals surface area (Å²) in [5.41, 5.74) is 2.35. The van der Waals surface area contributed by atoms with Crippen molar-refractivity contribution in [3.05, 3.63) is 42.2 Å². The van der Waals surface area contributed by atoms with E-state index in [4.69, 9.17) is 4.74 Å². The van der Waals surface area contributed by atoms with E-state index in [0.717, 1.165) is 23.1 Å². The Morgan fingerprint density at radius 3 is 2.19 bits per heavy atom. The summed E-state index contributed by atoms with van der Waals surface area (Å²) in [5.74, 6) is 3.24. The molecule has 3 heteroatoms. The van der Waals surface area contributed by atoms with Gasteiger partial charge in [0, 0.05) is 18.0 Å². The van der Waals surface area contributed by atoms with E-state index in [9.17, 15) is 0 Å². The number of ether oxygens (including phenoxy) is 1. The van der Waals surface area contributed by atoms with Crippen molar-refractivity contribution in [3.8, 4) is 17.1 Å². The molecule has 3 nitrogen and oxygen atoms in total. The fraction of sp³-hybridized carbons (Fsp3) is 0.583. The van der Waals surface area contributed by atoms with Gasteiger partial charge in [-0.25, -0.2) is 9.97 Å². The van der Waals surface area contributed by atoms with Gasteiger partial charge in [-0.3, -0.25) is 0 Å². The van der Waals surface area contributed by atoms with Crippen LogP contribution in [-0.4, -0.2) is 17.1 Å². The largest absolute Gasteiger partial charge is 0.497 e. The summed E-state index contributed by atoms with van der Waals surface area (Å²) in [5, 5.41) is 0. The van der Waals surface area contributed by atoms with Crippen LogP contribution in [0.2, 0.25) is 0 Å². The third-order valence-corrected chi connectivity index (χ3v) is 6.05. The summed E-state index contributed by atoms with van der Waals surface area (Å²) in [4.78, 5) is 9.25. The Morgan fingerprint density at radius 1 is 0.889 bits per heavy atom. The highest BCUT2D eigenvalue weighted by atomic mass is 16.5. The highest BCUT2D eigenvalue weighted by molar-refractivity contribution is 5.55. The van der Waals surface area contributed by atoms with Crippen molar-refractivity contribution >= 4 is 0 Å². The third-order valence-electron chi connectivity index (χ3n) is 6.05. The van der Waals surface area contributed by atoms with Crippen LogP contribution in [0.25, 0.3) is 11.4 Å². The first-order valence-corrected chi connectivity index (χ1v) is 10.8. The van der Waals surface area contributed by atoms with Gasteiger partial charge in [-0.2, -0.15) is 0 Å². The second-order valence-corrected chi connectivity index (χ2v) is 7.99. The Bertz CT molecular complexity index is 658. The van der Waals surface area contributed by atoms with E-state index in [1.54, 1.807) is 7.11 Å². The van der Waals surface area contributed by atoms with Crippen LogP contribution >= 0.6 is 0 Å². The second-order valence-electron chi connectivity index (χ2n) is 7.99. The molecule has 2 aromatic rings. The van der Waals surface area contributed by atoms with Crippen LogP contribution in [0.3, 0.4) is 0 Å². The quantitative estimate of drug-likeness (QED) is 0.458. The third kappa shape index (κ3) is 5.79. The molecule has 0 aliphatic heterocycles. The normalized spacial score (nSPS) is 19.8. The number of rotatable bonds is 9. The van der Waals surface area contributed by atoms with E-state index < -0.39 is 0 Å². The van der Waals surface area contributed by atoms with E-state index in [1.807, 2.05) is 36.7 Å². The van der Waals surface area contributed by atoms with Crippen molar-refractivity contribution in [2.75, 3.05) is 7.11 Å². The number of aromatic nitrogens is 2. The summed E-state index contributed by atoms with van der Waals surface area (Å²) in [7, 11) is 1.68. The fourth-order valence-corrected chi connectivity index (χ4v) is 4.26. The molecule has 3 rings (SSSR count). The Balaban J connectivity index is 1.47. The highest BCUT2D eigenvalue weighted by Gasteiger charge is 2.22. The van der Waals surface area contributed by atoms with E-state index in [-0.39, 0.29) is 0 Å². The van der Waals surface area contributed by atoms with Gasteiger partial charge in [0.05, 0.1) is 7.11 Å². The molecule has 1 aromatic carbocycles. The molecule has 1 aliphatic rings. The van der Waals surface area contributed by atoms with E-state index in [1.165, 1.54) is 69.8 Å². The maximum absolute atomic E-state index is 5.21. The summed E-state index contributed by atoms with van der Waals surface area (Å²) in [6.07, 6.45) is 17.9. The van der Waals surface area contributed by atoms with Gasteiger partial charge in [0.15, 0.2) is 5.82 Å². The van der Waals surface area contributed by atoms with Gasteiger partial charge in [-0.05, 0) is 67.3 Å². The Labute approximate surface area is 164 Å². The van der Waals surface area contributed by atoms with Crippen molar-refractivity contribution in [1.29, 1.82) is 0 Å². The molecule has 1 fully saturated rings. The molecule has 0 saturated heterocycles. The summed E-state index contributed by atoms with van der Waals surface area (Å²) in [6, 6.07) is 7.94. The van der Waals surface area contributed by atoms with Crippen LogP contribution in [0.1, 0.15) is 82.6 Å². The average Bonchev–Trinajstić information content (AvgIpc) is 2.74. The van der Waals surface area contributed by atoms with Gasteiger partial charge in [0.2, 0.25) is 0 Å². The standard InChI is InChI=1S/C24H34N2O/c1-3-4-5-6-7-8-19-9-11-20(12-10-19)22-17-25-24(26-18-22)21-13-15-23(27-2)16-14-21/h13-20H,3-12H2,1-2H3. The number of hydrogen-bond donors (Lipinski definition) is 0. The SMILES string of the molecule is CCCCCCCC1CCC(c2cnc(-c3ccc(OC)cc3)nc2)CC1. The van der Waals surface area contributed by atoms with E-state index in [2.05, 4.69) is 16.9 Å². The first-order chi connectivity index (χ1) is 13.3.